The summed E-state index contributed by atoms with van der Waals surface area (Å²) in [7, 11) is 0. The van der Waals surface area contributed by atoms with Crippen LogP contribution in [0.25, 0.3) is 0 Å². The van der Waals surface area contributed by atoms with Gasteiger partial charge in [-0.2, -0.15) is 0 Å². The molecule has 6 nitrogen and oxygen atoms in total. The van der Waals surface area contributed by atoms with Crippen LogP contribution in [0, 0.1) is 0 Å². The summed E-state index contributed by atoms with van der Waals surface area (Å²) in [4.78, 5) is 27.0. The van der Waals surface area contributed by atoms with Crippen molar-refractivity contribution in [3.63, 3.8) is 0 Å². The van der Waals surface area contributed by atoms with Gasteiger partial charge in [0.25, 0.3) is 5.91 Å². The van der Waals surface area contributed by atoms with Gasteiger partial charge in [0.15, 0.2) is 5.76 Å². The second kappa shape index (κ2) is 7.00. The summed E-state index contributed by atoms with van der Waals surface area (Å²) in [6.07, 6.45) is 0. The minimum Gasteiger partial charge on any atom is -0.480 e. The molecule has 2 heterocycles. The molecular weight excluding hydrogens is 292 g/mol. The number of thioether (sulfide) groups is 1. The molecule has 2 rings (SSSR count). The predicted molar refractivity (Wildman–Crippen MR) is 80.3 cm³/mol. The summed E-state index contributed by atoms with van der Waals surface area (Å²) < 4.78 is 5.59. The Labute approximate surface area is 128 Å². The van der Waals surface area contributed by atoms with E-state index < -0.39 is 12.0 Å². The lowest BCUT2D eigenvalue weighted by molar-refractivity contribution is -0.140. The summed E-state index contributed by atoms with van der Waals surface area (Å²) in [6, 6.07) is 2.65. The lowest BCUT2D eigenvalue weighted by Crippen LogP contribution is -2.41. The van der Waals surface area contributed by atoms with Crippen LogP contribution in [0.15, 0.2) is 16.5 Å². The summed E-state index contributed by atoms with van der Waals surface area (Å²) >= 11 is 1.44. The van der Waals surface area contributed by atoms with E-state index in [2.05, 4.69) is 18.7 Å². The molecule has 0 radical (unpaired) electrons. The van der Waals surface area contributed by atoms with Crippen LogP contribution in [0.4, 0.5) is 0 Å². The lowest BCUT2D eigenvalue weighted by Gasteiger charge is -2.19. The van der Waals surface area contributed by atoms with E-state index in [-0.39, 0.29) is 11.7 Å². The van der Waals surface area contributed by atoms with Crippen LogP contribution in [0.3, 0.4) is 0 Å². The molecule has 0 bridgehead atoms. The standard InChI is InChI=1S/C14H20N2O4S/c1-3-15(4-2)7-10-5-6-12(20-10)13(17)16-9-21-8-11(16)14(18)19/h5-6,11H,3-4,7-9H2,1-2H3,(H,18,19). The van der Waals surface area contributed by atoms with Crippen molar-refractivity contribution in [3.8, 4) is 0 Å². The van der Waals surface area contributed by atoms with Gasteiger partial charge >= 0.3 is 5.97 Å². The monoisotopic (exact) mass is 312 g/mol. The Morgan fingerprint density at radius 1 is 1.43 bits per heavy atom. The van der Waals surface area contributed by atoms with E-state index in [9.17, 15) is 9.59 Å². The number of carboxylic acid groups (broad SMARTS) is 1. The van der Waals surface area contributed by atoms with E-state index in [0.29, 0.717) is 18.2 Å². The molecule has 0 spiro atoms. The average Bonchev–Trinajstić information content (AvgIpc) is 3.13. The van der Waals surface area contributed by atoms with Crippen LogP contribution in [0.2, 0.25) is 0 Å². The first-order chi connectivity index (χ1) is 10.1. The van der Waals surface area contributed by atoms with Gasteiger partial charge in [-0.15, -0.1) is 11.8 Å². The minimum atomic E-state index is -0.969. The number of furan rings is 1. The largest absolute Gasteiger partial charge is 0.480 e. The third kappa shape index (κ3) is 3.59. The van der Waals surface area contributed by atoms with Crippen molar-refractivity contribution < 1.29 is 19.1 Å². The molecule has 0 aliphatic carbocycles. The zero-order chi connectivity index (χ0) is 15.4. The molecule has 116 valence electrons. The number of nitrogens with zero attached hydrogens (tertiary/aromatic N) is 2. The van der Waals surface area contributed by atoms with Gasteiger partial charge in [0.1, 0.15) is 11.8 Å². The molecule has 1 aromatic heterocycles. The Morgan fingerprint density at radius 3 is 2.76 bits per heavy atom. The molecule has 0 saturated carbocycles. The molecule has 21 heavy (non-hydrogen) atoms. The van der Waals surface area contributed by atoms with Gasteiger partial charge in [-0.05, 0) is 25.2 Å². The summed E-state index contributed by atoms with van der Waals surface area (Å²) in [5.74, 6) is 0.434. The average molecular weight is 312 g/mol. The zero-order valence-electron chi connectivity index (χ0n) is 12.2. The Balaban J connectivity index is 2.06. The van der Waals surface area contributed by atoms with E-state index in [1.54, 1.807) is 12.1 Å². The maximum atomic E-state index is 12.3. The van der Waals surface area contributed by atoms with Crippen LogP contribution in [0.5, 0.6) is 0 Å². The molecule has 1 atom stereocenters. The molecule has 1 aliphatic heterocycles. The first-order valence-corrected chi connectivity index (χ1v) is 8.14. The highest BCUT2D eigenvalue weighted by Gasteiger charge is 2.36. The molecule has 1 N–H and O–H groups in total. The number of rotatable bonds is 6. The fourth-order valence-corrected chi connectivity index (χ4v) is 3.38. The maximum absolute atomic E-state index is 12.3. The van der Waals surface area contributed by atoms with Crippen LogP contribution in [-0.4, -0.2) is 57.5 Å². The molecule has 1 aromatic rings. The van der Waals surface area contributed by atoms with E-state index >= 15 is 0 Å². The molecule has 7 heteroatoms. The summed E-state index contributed by atoms with van der Waals surface area (Å²) in [5, 5.41) is 9.12. The second-order valence-electron chi connectivity index (χ2n) is 4.86. The lowest BCUT2D eigenvalue weighted by atomic mass is 10.3. The number of hydrogen-bond acceptors (Lipinski definition) is 5. The van der Waals surface area contributed by atoms with Gasteiger partial charge in [0.05, 0.1) is 12.4 Å². The van der Waals surface area contributed by atoms with Crippen molar-refractivity contribution in [2.24, 2.45) is 0 Å². The third-order valence-corrected chi connectivity index (χ3v) is 4.59. The zero-order valence-corrected chi connectivity index (χ0v) is 13.1. The minimum absolute atomic E-state index is 0.214. The molecule has 1 unspecified atom stereocenters. The smallest absolute Gasteiger partial charge is 0.327 e. The number of hydrogen-bond donors (Lipinski definition) is 1. The van der Waals surface area contributed by atoms with Gasteiger partial charge in [-0.1, -0.05) is 13.8 Å². The highest BCUT2D eigenvalue weighted by atomic mass is 32.2. The highest BCUT2D eigenvalue weighted by molar-refractivity contribution is 7.99. The number of amides is 1. The van der Waals surface area contributed by atoms with Gasteiger partial charge in [0.2, 0.25) is 0 Å². The number of carbonyl (C=O) groups excluding carboxylic acids is 1. The van der Waals surface area contributed by atoms with Gasteiger partial charge in [0, 0.05) is 5.75 Å². The Morgan fingerprint density at radius 2 is 2.14 bits per heavy atom. The number of carboxylic acids is 1. The van der Waals surface area contributed by atoms with Crippen LogP contribution < -0.4 is 0 Å². The van der Waals surface area contributed by atoms with E-state index in [1.165, 1.54) is 16.7 Å². The Hall–Kier alpha value is -1.47. The fourth-order valence-electron chi connectivity index (χ4n) is 2.23. The Kier molecular flexibility index (Phi) is 5.30. The first-order valence-electron chi connectivity index (χ1n) is 6.99. The molecule has 1 fully saturated rings. The van der Waals surface area contributed by atoms with Crippen molar-refractivity contribution in [1.29, 1.82) is 0 Å². The van der Waals surface area contributed by atoms with Gasteiger partial charge in [-0.3, -0.25) is 9.69 Å². The molecule has 1 amide bonds. The molecule has 0 aromatic carbocycles. The van der Waals surface area contributed by atoms with Crippen molar-refractivity contribution in [2.75, 3.05) is 24.7 Å². The SMILES string of the molecule is CCN(CC)Cc1ccc(C(=O)N2CSCC2C(=O)O)o1. The second-order valence-corrected chi connectivity index (χ2v) is 5.86. The third-order valence-electron chi connectivity index (χ3n) is 3.57. The maximum Gasteiger partial charge on any atom is 0.327 e. The molecule has 1 saturated heterocycles. The van der Waals surface area contributed by atoms with Crippen LogP contribution in [0.1, 0.15) is 30.2 Å². The summed E-state index contributed by atoms with van der Waals surface area (Å²) in [6.45, 7) is 6.60. The van der Waals surface area contributed by atoms with Crippen molar-refractivity contribution in [1.82, 2.24) is 9.80 Å². The van der Waals surface area contributed by atoms with Crippen molar-refractivity contribution in [3.05, 3.63) is 23.7 Å². The topological polar surface area (TPSA) is 74.0 Å². The Bertz CT molecular complexity index is 513. The number of aliphatic carboxylic acids is 1. The van der Waals surface area contributed by atoms with E-state index in [1.807, 2.05) is 0 Å². The normalized spacial score (nSPS) is 18.4. The van der Waals surface area contributed by atoms with E-state index in [4.69, 9.17) is 9.52 Å². The first kappa shape index (κ1) is 15.9. The number of carbonyl (C=O) groups is 2. The summed E-state index contributed by atoms with van der Waals surface area (Å²) in [5.41, 5.74) is 0. The fraction of sp³-hybridized carbons (Fsp3) is 0.571. The van der Waals surface area contributed by atoms with Gasteiger partial charge in [-0.25, -0.2) is 4.79 Å². The van der Waals surface area contributed by atoms with Crippen molar-refractivity contribution in [2.45, 2.75) is 26.4 Å². The highest BCUT2D eigenvalue weighted by Crippen LogP contribution is 2.24. The quantitative estimate of drug-likeness (QED) is 0.862. The predicted octanol–water partition coefficient (Wildman–Crippen LogP) is 1.72. The molecule has 1 aliphatic rings. The molecular formula is C14H20N2O4S. The van der Waals surface area contributed by atoms with E-state index in [0.717, 1.165) is 18.8 Å². The van der Waals surface area contributed by atoms with Crippen LogP contribution >= 0.6 is 11.8 Å². The van der Waals surface area contributed by atoms with Gasteiger partial charge < -0.3 is 14.4 Å². The van der Waals surface area contributed by atoms with Crippen molar-refractivity contribution >= 4 is 23.6 Å². The van der Waals surface area contributed by atoms with Crippen LogP contribution in [-0.2, 0) is 11.3 Å².